The Labute approximate surface area is 267 Å². The predicted molar refractivity (Wildman–Crippen MR) is 173 cm³/mol. The van der Waals surface area contributed by atoms with E-state index < -0.39 is 24.5 Å². The molecule has 1 saturated heterocycles. The molecule has 5 aromatic rings. The van der Waals surface area contributed by atoms with E-state index in [-0.39, 0.29) is 18.0 Å². The fourth-order valence-corrected chi connectivity index (χ4v) is 6.49. The minimum atomic E-state index is -1.26. The molecule has 2 fully saturated rings. The second-order valence-corrected chi connectivity index (χ2v) is 12.2. The summed E-state index contributed by atoms with van der Waals surface area (Å²) >= 11 is 0. The third-order valence-electron chi connectivity index (χ3n) is 9.14. The first kappa shape index (κ1) is 30.3. The lowest BCUT2D eigenvalue weighted by Crippen LogP contribution is -2.33. The fourth-order valence-electron chi connectivity index (χ4n) is 6.49. The molecule has 1 saturated carbocycles. The Morgan fingerprint density at radius 1 is 0.957 bits per heavy atom. The van der Waals surface area contributed by atoms with Crippen LogP contribution in [0.2, 0.25) is 0 Å². The summed E-state index contributed by atoms with van der Waals surface area (Å²) in [6.45, 7) is 2.52. The monoisotopic (exact) mass is 624 g/mol. The van der Waals surface area contributed by atoms with Crippen molar-refractivity contribution in [1.29, 1.82) is 0 Å². The van der Waals surface area contributed by atoms with Gasteiger partial charge in [-0.1, -0.05) is 72.7 Å². The third-order valence-corrected chi connectivity index (χ3v) is 9.14. The highest BCUT2D eigenvalue weighted by Gasteiger charge is 2.47. The van der Waals surface area contributed by atoms with Crippen LogP contribution in [0.25, 0.3) is 11.2 Å². The lowest BCUT2D eigenvalue weighted by Gasteiger charge is -2.27. The van der Waals surface area contributed by atoms with Crippen LogP contribution in [0.15, 0.2) is 77.6 Å². The Hall–Kier alpha value is -4.36. The van der Waals surface area contributed by atoms with Crippen molar-refractivity contribution < 1.29 is 19.5 Å². The minimum absolute atomic E-state index is 0.0524. The van der Waals surface area contributed by atoms with E-state index in [1.807, 2.05) is 43.3 Å². The van der Waals surface area contributed by atoms with Crippen LogP contribution in [0.5, 0.6) is 0 Å². The van der Waals surface area contributed by atoms with Crippen LogP contribution < -0.4 is 16.4 Å². The number of aromatic nitrogens is 5. The summed E-state index contributed by atoms with van der Waals surface area (Å²) in [6, 6.07) is 22.9. The van der Waals surface area contributed by atoms with E-state index in [1.165, 1.54) is 11.1 Å². The maximum Gasteiger partial charge on any atom is 0.227 e. The number of hydrogen-bond acceptors (Lipinski definition) is 11. The van der Waals surface area contributed by atoms with Gasteiger partial charge in [0.2, 0.25) is 5.95 Å². The number of aliphatic hydroxyl groups excluding tert-OH is 2. The second-order valence-electron chi connectivity index (χ2n) is 12.2. The predicted octanol–water partition coefficient (Wildman–Crippen LogP) is 4.29. The van der Waals surface area contributed by atoms with Crippen LogP contribution in [-0.4, -0.2) is 65.7 Å². The molecule has 4 atom stereocenters. The van der Waals surface area contributed by atoms with Crippen molar-refractivity contribution in [3.63, 3.8) is 0 Å². The molecular formula is C34H40N8O4. The average molecular weight is 625 g/mol. The molecular weight excluding hydrogens is 584 g/mol. The summed E-state index contributed by atoms with van der Waals surface area (Å²) < 4.78 is 13.3. The van der Waals surface area contributed by atoms with Gasteiger partial charge in [-0.15, -0.1) is 0 Å². The molecule has 7 rings (SSSR count). The molecule has 0 radical (unpaired) electrons. The van der Waals surface area contributed by atoms with Crippen molar-refractivity contribution in [1.82, 2.24) is 24.7 Å². The normalized spacial score (nSPS) is 24.9. The molecule has 12 heteroatoms. The van der Waals surface area contributed by atoms with E-state index >= 15 is 0 Å². The van der Waals surface area contributed by atoms with E-state index in [0.29, 0.717) is 41.7 Å². The van der Waals surface area contributed by atoms with Crippen molar-refractivity contribution in [2.45, 2.75) is 81.6 Å². The highest BCUT2D eigenvalue weighted by atomic mass is 16.6. The summed E-state index contributed by atoms with van der Waals surface area (Å²) in [5.41, 5.74) is 10.2. The van der Waals surface area contributed by atoms with Gasteiger partial charge in [0.1, 0.15) is 18.3 Å². The molecule has 12 nitrogen and oxygen atoms in total. The number of nitrogens with two attached hydrogens (primary N) is 1. The number of aryl methyl sites for hydroxylation is 1. The zero-order valence-electron chi connectivity index (χ0n) is 25.7. The van der Waals surface area contributed by atoms with E-state index in [9.17, 15) is 10.2 Å². The lowest BCUT2D eigenvalue weighted by molar-refractivity contribution is -0.0434. The second kappa shape index (κ2) is 13.2. The molecule has 240 valence electrons. The molecule has 1 unspecified atom stereocenters. The fraction of sp³-hybridized carbons (Fsp3) is 0.412. The van der Waals surface area contributed by atoms with Crippen molar-refractivity contribution in [3.8, 4) is 0 Å². The largest absolute Gasteiger partial charge is 0.387 e. The van der Waals surface area contributed by atoms with Gasteiger partial charge in [0.15, 0.2) is 29.0 Å². The van der Waals surface area contributed by atoms with Gasteiger partial charge < -0.3 is 35.8 Å². The molecule has 0 bridgehead atoms. The summed E-state index contributed by atoms with van der Waals surface area (Å²) in [5, 5.41) is 33.3. The van der Waals surface area contributed by atoms with Crippen LogP contribution in [0.3, 0.4) is 0 Å². The minimum Gasteiger partial charge on any atom is -0.387 e. The van der Waals surface area contributed by atoms with Crippen molar-refractivity contribution in [2.75, 3.05) is 17.2 Å². The maximum absolute atomic E-state index is 11.2. The van der Waals surface area contributed by atoms with E-state index in [1.54, 1.807) is 17.0 Å². The molecule has 3 aromatic heterocycles. The number of hydrogen-bond donors (Lipinski definition) is 5. The van der Waals surface area contributed by atoms with Crippen LogP contribution in [0.1, 0.15) is 73.4 Å². The molecule has 2 aromatic carbocycles. The van der Waals surface area contributed by atoms with Crippen molar-refractivity contribution >= 4 is 22.9 Å². The van der Waals surface area contributed by atoms with Crippen molar-refractivity contribution in [3.05, 3.63) is 95.6 Å². The Morgan fingerprint density at radius 3 is 2.30 bits per heavy atom. The summed E-state index contributed by atoms with van der Waals surface area (Å²) in [4.78, 5) is 14.5. The Kier molecular flexibility index (Phi) is 8.67. The number of benzene rings is 2. The smallest absolute Gasteiger partial charge is 0.227 e. The number of anilines is 2. The Bertz CT molecular complexity index is 1700. The summed E-state index contributed by atoms with van der Waals surface area (Å²) in [5.74, 6) is 1.42. The number of imidazole rings is 1. The lowest BCUT2D eigenvalue weighted by atomic mass is 9.91. The number of rotatable bonds is 10. The van der Waals surface area contributed by atoms with Crippen LogP contribution in [0.4, 0.5) is 11.8 Å². The number of fused-ring (bicyclic) bond motifs is 1. The van der Waals surface area contributed by atoms with Gasteiger partial charge in [0.25, 0.3) is 0 Å². The molecule has 1 aliphatic heterocycles. The van der Waals surface area contributed by atoms with Gasteiger partial charge in [-0.05, 0) is 43.2 Å². The van der Waals surface area contributed by atoms with Crippen LogP contribution in [-0.2, 0) is 11.2 Å². The molecule has 4 heterocycles. The van der Waals surface area contributed by atoms with E-state index in [0.717, 1.165) is 31.4 Å². The van der Waals surface area contributed by atoms with Gasteiger partial charge in [0.05, 0.1) is 12.0 Å². The first-order chi connectivity index (χ1) is 22.5. The number of ether oxygens (including phenoxy) is 1. The van der Waals surface area contributed by atoms with Gasteiger partial charge in [-0.25, -0.2) is 4.98 Å². The van der Waals surface area contributed by atoms with Crippen LogP contribution in [0, 0.1) is 0 Å². The first-order valence-electron chi connectivity index (χ1n) is 16.1. The Balaban J connectivity index is 1.23. The molecule has 6 N–H and O–H groups in total. The highest BCUT2D eigenvalue weighted by molar-refractivity contribution is 5.84. The molecule has 0 amide bonds. The zero-order valence-corrected chi connectivity index (χ0v) is 25.7. The zero-order chi connectivity index (χ0) is 31.6. The van der Waals surface area contributed by atoms with Gasteiger partial charge >= 0.3 is 0 Å². The quantitative estimate of drug-likeness (QED) is 0.150. The standard InChI is InChI=1S/C34H40N8O4/c1-2-23-17-26(46-41-23)30-28(43)29(44)33(45-30)42-19-37-27-31(39-34(40-32(27)42)38-24-15-13-22(35)14-16-24)36-18-25(20-9-5-3-6-10-20)21-11-7-4-8-12-21/h3-12,17,19,22,24-25,28-30,33,43-44H,2,13-16,18,35H2,1H3,(H2,36,38,39,40)/t22?,24?,28-,29+,30?,33+/m0/s1. The van der Waals surface area contributed by atoms with Gasteiger partial charge in [-0.2, -0.15) is 9.97 Å². The molecule has 2 aliphatic rings. The van der Waals surface area contributed by atoms with Crippen LogP contribution >= 0.6 is 0 Å². The third kappa shape index (κ3) is 6.08. The van der Waals surface area contributed by atoms with Crippen molar-refractivity contribution in [2.24, 2.45) is 5.73 Å². The topological polar surface area (TPSA) is 169 Å². The number of nitrogens with zero attached hydrogens (tertiary/aromatic N) is 5. The van der Waals surface area contributed by atoms with E-state index in [4.69, 9.17) is 25.0 Å². The average Bonchev–Trinajstić information content (AvgIpc) is 3.81. The first-order valence-corrected chi connectivity index (χ1v) is 16.1. The van der Waals surface area contributed by atoms with Gasteiger partial charge in [-0.3, -0.25) is 4.57 Å². The summed E-state index contributed by atoms with van der Waals surface area (Å²) in [6.07, 6.45) is 1.59. The number of aliphatic hydroxyl groups is 2. The van der Waals surface area contributed by atoms with E-state index in [2.05, 4.69) is 45.0 Å². The number of nitrogens with one attached hydrogen (secondary N) is 2. The molecule has 46 heavy (non-hydrogen) atoms. The summed E-state index contributed by atoms with van der Waals surface area (Å²) in [7, 11) is 0. The van der Waals surface area contributed by atoms with Gasteiger partial charge in [0, 0.05) is 30.6 Å². The SMILES string of the molecule is CCc1cc(C2O[C@@H](n3cnc4c(NCC(c5ccccc5)c5ccccc5)nc(NC5CCC(N)CC5)nc43)[C@H](O)[C@@H]2O)on1. The molecule has 0 spiro atoms. The Morgan fingerprint density at radius 2 is 1.65 bits per heavy atom. The molecule has 1 aliphatic carbocycles. The highest BCUT2D eigenvalue weighted by Crippen LogP contribution is 2.40. The maximum atomic E-state index is 11.2.